The lowest BCUT2D eigenvalue weighted by Crippen LogP contribution is -1.99. The van der Waals surface area contributed by atoms with Crippen LogP contribution in [0.25, 0.3) is 22.4 Å². The minimum absolute atomic E-state index is 0.178. The van der Waals surface area contributed by atoms with Gasteiger partial charge in [0.1, 0.15) is 6.33 Å². The molecule has 8 nitrogen and oxygen atoms in total. The molecule has 4 aromatic heterocycles. The molecule has 29 heavy (non-hydrogen) atoms. The molecule has 5 rings (SSSR count). The van der Waals surface area contributed by atoms with Crippen molar-refractivity contribution < 1.29 is 4.84 Å². The fraction of sp³-hybridized carbons (Fsp3) is 0.150. The lowest BCUT2D eigenvalue weighted by atomic mass is 10.2. The fourth-order valence-electron chi connectivity index (χ4n) is 3.09. The lowest BCUT2D eigenvalue weighted by Gasteiger charge is -2.03. The van der Waals surface area contributed by atoms with Crippen LogP contribution in [0.3, 0.4) is 0 Å². The smallest absolute Gasteiger partial charge is 0.192 e. The minimum Gasteiger partial charge on any atom is -0.387 e. The van der Waals surface area contributed by atoms with Gasteiger partial charge in [-0.2, -0.15) is 5.10 Å². The summed E-state index contributed by atoms with van der Waals surface area (Å²) in [4.78, 5) is 15.6. The molecule has 0 saturated carbocycles. The van der Waals surface area contributed by atoms with Gasteiger partial charge in [0.05, 0.1) is 27.9 Å². The van der Waals surface area contributed by atoms with E-state index in [-0.39, 0.29) is 6.61 Å². The molecule has 0 aliphatic carbocycles. The zero-order chi connectivity index (χ0) is 19.8. The number of nitrogens with zero attached hydrogens (tertiary/aromatic N) is 7. The number of aryl methyl sites for hydroxylation is 1. The average Bonchev–Trinajstić information content (AvgIpc) is 3.46. The van der Waals surface area contributed by atoms with E-state index in [9.17, 15) is 0 Å². The molecule has 0 N–H and O–H groups in total. The largest absolute Gasteiger partial charge is 0.387 e. The number of hydrogen-bond acceptors (Lipinski definition) is 7. The number of aromatic nitrogens is 6. The van der Waals surface area contributed by atoms with Gasteiger partial charge in [-0.3, -0.25) is 0 Å². The summed E-state index contributed by atoms with van der Waals surface area (Å²) >= 11 is 1.62. The molecule has 0 atom stereocenters. The van der Waals surface area contributed by atoms with Crippen LogP contribution in [0.5, 0.6) is 0 Å². The highest BCUT2D eigenvalue weighted by Gasteiger charge is 2.14. The third kappa shape index (κ3) is 3.25. The molecule has 0 aliphatic heterocycles. The molecule has 1 aromatic carbocycles. The molecule has 0 unspecified atom stereocenters. The van der Waals surface area contributed by atoms with Gasteiger partial charge in [0.25, 0.3) is 0 Å². The summed E-state index contributed by atoms with van der Waals surface area (Å²) in [5.74, 6) is 0.533. The van der Waals surface area contributed by atoms with E-state index in [0.29, 0.717) is 11.5 Å². The maximum Gasteiger partial charge on any atom is 0.192 e. The van der Waals surface area contributed by atoms with Crippen LogP contribution in [-0.2, 0) is 11.4 Å². The zero-order valence-electron chi connectivity index (χ0n) is 15.9. The van der Waals surface area contributed by atoms with Crippen LogP contribution >= 0.6 is 11.3 Å². The predicted octanol–water partition coefficient (Wildman–Crippen LogP) is 3.77. The van der Waals surface area contributed by atoms with Crippen molar-refractivity contribution in [3.8, 4) is 5.69 Å². The van der Waals surface area contributed by atoms with E-state index in [4.69, 9.17) is 4.84 Å². The molecule has 0 bridgehead atoms. The summed E-state index contributed by atoms with van der Waals surface area (Å²) in [6.07, 6.45) is 3.40. The van der Waals surface area contributed by atoms with Gasteiger partial charge in [-0.1, -0.05) is 23.4 Å². The summed E-state index contributed by atoms with van der Waals surface area (Å²) in [6.45, 7) is 4.14. The molecule has 144 valence electrons. The van der Waals surface area contributed by atoms with Crippen LogP contribution in [-0.4, -0.2) is 35.1 Å². The van der Waals surface area contributed by atoms with E-state index in [2.05, 4.69) is 31.4 Å². The highest BCUT2D eigenvalue weighted by Crippen LogP contribution is 2.20. The standard InChI is InChI=1S/C20H17N7OS/c1-13-5-3-6-15(9-13)27-19-16(10-22-27)20-23-18(24-26(20)12-21-19)11-28-25-14(2)17-7-4-8-29-17/h3-10,12H,11H2,1-2H3. The quantitative estimate of drug-likeness (QED) is 0.329. The second kappa shape index (κ2) is 7.10. The molecular weight excluding hydrogens is 386 g/mol. The third-order valence-electron chi connectivity index (χ3n) is 4.47. The average molecular weight is 403 g/mol. The van der Waals surface area contributed by atoms with Crippen molar-refractivity contribution in [3.05, 3.63) is 70.6 Å². The van der Waals surface area contributed by atoms with Crippen LogP contribution in [0.2, 0.25) is 0 Å². The Morgan fingerprint density at radius 1 is 1.21 bits per heavy atom. The van der Waals surface area contributed by atoms with E-state index in [1.54, 1.807) is 28.4 Å². The fourth-order valence-corrected chi connectivity index (χ4v) is 3.76. The topological polar surface area (TPSA) is 82.5 Å². The SMILES string of the molecule is CC(=NOCc1nc2c3cnn(-c4cccc(C)c4)c3ncn2n1)c1cccs1. The summed E-state index contributed by atoms with van der Waals surface area (Å²) < 4.78 is 3.45. The number of hydrogen-bond donors (Lipinski definition) is 0. The minimum atomic E-state index is 0.178. The second-order valence-corrected chi connectivity index (χ2v) is 7.55. The zero-order valence-corrected chi connectivity index (χ0v) is 16.7. The summed E-state index contributed by atoms with van der Waals surface area (Å²) in [5, 5.41) is 15.9. The number of rotatable bonds is 5. The lowest BCUT2D eigenvalue weighted by molar-refractivity contribution is 0.125. The van der Waals surface area contributed by atoms with Gasteiger partial charge in [0, 0.05) is 0 Å². The van der Waals surface area contributed by atoms with Crippen LogP contribution in [0.1, 0.15) is 23.2 Å². The number of benzene rings is 1. The van der Waals surface area contributed by atoms with Gasteiger partial charge >= 0.3 is 0 Å². The Balaban J connectivity index is 1.44. The Morgan fingerprint density at radius 3 is 2.97 bits per heavy atom. The van der Waals surface area contributed by atoms with Gasteiger partial charge in [0.15, 0.2) is 23.7 Å². The molecule has 0 saturated heterocycles. The van der Waals surface area contributed by atoms with Gasteiger partial charge in [0.2, 0.25) is 0 Å². The monoisotopic (exact) mass is 403 g/mol. The maximum absolute atomic E-state index is 5.45. The highest BCUT2D eigenvalue weighted by atomic mass is 32.1. The van der Waals surface area contributed by atoms with Gasteiger partial charge in [-0.25, -0.2) is 19.2 Å². The van der Waals surface area contributed by atoms with Crippen LogP contribution in [0.4, 0.5) is 0 Å². The molecule has 0 fully saturated rings. The van der Waals surface area contributed by atoms with Crippen molar-refractivity contribution in [2.24, 2.45) is 5.16 Å². The predicted molar refractivity (Wildman–Crippen MR) is 111 cm³/mol. The van der Waals surface area contributed by atoms with Crippen molar-refractivity contribution >= 4 is 33.7 Å². The van der Waals surface area contributed by atoms with E-state index < -0.39 is 0 Å². The first-order valence-corrected chi connectivity index (χ1v) is 9.92. The molecular formula is C20H17N7OS. The first kappa shape index (κ1) is 17.5. The van der Waals surface area contributed by atoms with Gasteiger partial charge in [-0.15, -0.1) is 16.4 Å². The summed E-state index contributed by atoms with van der Waals surface area (Å²) in [7, 11) is 0. The molecule has 4 heterocycles. The number of fused-ring (bicyclic) bond motifs is 3. The molecule has 0 spiro atoms. The normalized spacial score (nSPS) is 12.1. The second-order valence-electron chi connectivity index (χ2n) is 6.60. The van der Waals surface area contributed by atoms with Gasteiger partial charge in [-0.05, 0) is 43.0 Å². The Hall–Kier alpha value is -3.59. The van der Waals surface area contributed by atoms with Crippen molar-refractivity contribution in [1.29, 1.82) is 0 Å². The van der Waals surface area contributed by atoms with Crippen molar-refractivity contribution in [2.45, 2.75) is 20.5 Å². The Morgan fingerprint density at radius 2 is 2.14 bits per heavy atom. The first-order valence-electron chi connectivity index (χ1n) is 9.04. The molecule has 0 aliphatic rings. The first-order chi connectivity index (χ1) is 14.2. The molecule has 5 aromatic rings. The number of thiophene rings is 1. The summed E-state index contributed by atoms with van der Waals surface area (Å²) in [6, 6.07) is 12.1. The number of oxime groups is 1. The van der Waals surface area contributed by atoms with E-state index >= 15 is 0 Å². The summed E-state index contributed by atoms with van der Waals surface area (Å²) in [5.41, 5.74) is 4.36. The molecule has 0 radical (unpaired) electrons. The van der Waals surface area contributed by atoms with Crippen molar-refractivity contribution in [3.63, 3.8) is 0 Å². The van der Waals surface area contributed by atoms with Crippen molar-refractivity contribution in [1.82, 2.24) is 29.4 Å². The third-order valence-corrected chi connectivity index (χ3v) is 5.45. The van der Waals surface area contributed by atoms with Gasteiger partial charge < -0.3 is 4.84 Å². The molecule has 0 amide bonds. The van der Waals surface area contributed by atoms with Crippen LogP contribution in [0, 0.1) is 6.92 Å². The Bertz CT molecular complexity index is 1330. The highest BCUT2D eigenvalue weighted by molar-refractivity contribution is 7.12. The van der Waals surface area contributed by atoms with Crippen LogP contribution < -0.4 is 0 Å². The van der Waals surface area contributed by atoms with E-state index in [0.717, 1.165) is 32.9 Å². The Kier molecular flexibility index (Phi) is 4.28. The van der Waals surface area contributed by atoms with Crippen LogP contribution in [0.15, 0.2) is 59.5 Å². The molecule has 9 heteroatoms. The van der Waals surface area contributed by atoms with E-state index in [1.165, 1.54) is 0 Å². The van der Waals surface area contributed by atoms with Crippen molar-refractivity contribution in [2.75, 3.05) is 0 Å². The Labute approximate surface area is 170 Å². The maximum atomic E-state index is 5.45. The van der Waals surface area contributed by atoms with E-state index in [1.807, 2.05) is 54.2 Å².